The van der Waals surface area contributed by atoms with E-state index in [2.05, 4.69) is 43.5 Å². The summed E-state index contributed by atoms with van der Waals surface area (Å²) in [6.07, 6.45) is 1.60. The Morgan fingerprint density at radius 3 is 2.67 bits per heavy atom. The van der Waals surface area contributed by atoms with Crippen molar-refractivity contribution in [1.29, 1.82) is 0 Å². The Morgan fingerprint density at radius 2 is 2.00 bits per heavy atom. The van der Waals surface area contributed by atoms with Gasteiger partial charge in [-0.05, 0) is 87.4 Å². The Bertz CT molecular complexity index is 1060. The molecule has 0 atom stereocenters. The first-order chi connectivity index (χ1) is 14.3. The minimum absolute atomic E-state index is 0.175. The fourth-order valence-corrected chi connectivity index (χ4v) is 3.23. The highest BCUT2D eigenvalue weighted by Crippen LogP contribution is 2.31. The molecule has 2 aromatic rings. The molecule has 0 spiro atoms. The minimum Gasteiger partial charge on any atom is -0.490 e. The Hall–Kier alpha value is -2.20. The van der Waals surface area contributed by atoms with Crippen molar-refractivity contribution in [3.05, 3.63) is 61.3 Å². The fourth-order valence-electron chi connectivity index (χ4n) is 2.51. The molecular weight excluding hydrogens is 565 g/mol. The number of aliphatic imine (C=N–C) groups is 1. The van der Waals surface area contributed by atoms with Gasteiger partial charge in [0.2, 0.25) is 5.90 Å². The summed E-state index contributed by atoms with van der Waals surface area (Å²) in [5.41, 5.74) is 1.54. The van der Waals surface area contributed by atoms with Crippen LogP contribution in [0, 0.1) is 9.49 Å². The van der Waals surface area contributed by atoms with E-state index in [4.69, 9.17) is 14.2 Å². The molecule has 0 radical (unpaired) electrons. The monoisotopic (exact) mass is 583 g/mol. The van der Waals surface area contributed by atoms with E-state index >= 15 is 0 Å². The lowest BCUT2D eigenvalue weighted by molar-refractivity contribution is -0.138. The van der Waals surface area contributed by atoms with Crippen LogP contribution in [-0.4, -0.2) is 24.4 Å². The van der Waals surface area contributed by atoms with Crippen molar-refractivity contribution in [2.24, 2.45) is 10.9 Å². The molecule has 0 aromatic heterocycles. The second kappa shape index (κ2) is 9.74. The predicted octanol–water partition coefficient (Wildman–Crippen LogP) is 5.36. The molecule has 0 bridgehead atoms. The van der Waals surface area contributed by atoms with Gasteiger partial charge in [0.05, 0.1) is 12.5 Å². The van der Waals surface area contributed by atoms with Crippen molar-refractivity contribution in [1.82, 2.24) is 0 Å². The maximum absolute atomic E-state index is 12.3. The predicted molar refractivity (Wildman–Crippen MR) is 126 cm³/mol. The normalized spacial score (nSPS) is 14.7. The lowest BCUT2D eigenvalue weighted by atomic mass is 10.1. The zero-order valence-electron chi connectivity index (χ0n) is 16.6. The quantitative estimate of drug-likeness (QED) is 0.198. The summed E-state index contributed by atoms with van der Waals surface area (Å²) in [4.78, 5) is 28.5. The number of hydrogen-bond acceptors (Lipinski definition) is 6. The molecule has 0 N–H and O–H groups in total. The molecule has 1 heterocycles. The molecule has 0 fully saturated rings. The highest BCUT2D eigenvalue weighted by molar-refractivity contribution is 14.1. The number of cyclic esters (lactones) is 1. The second-order valence-corrected chi connectivity index (χ2v) is 8.70. The molecule has 6 nitrogen and oxygen atoms in total. The van der Waals surface area contributed by atoms with E-state index in [0.717, 1.165) is 8.04 Å². The number of ether oxygens (including phenoxy) is 3. The van der Waals surface area contributed by atoms with Crippen molar-refractivity contribution in [2.75, 3.05) is 6.61 Å². The molecule has 2 aromatic carbocycles. The van der Waals surface area contributed by atoms with E-state index in [1.54, 1.807) is 38.1 Å². The molecule has 8 heteroatoms. The topological polar surface area (TPSA) is 74.2 Å². The van der Waals surface area contributed by atoms with Gasteiger partial charge in [0.1, 0.15) is 0 Å². The smallest absolute Gasteiger partial charge is 0.363 e. The van der Waals surface area contributed by atoms with Crippen molar-refractivity contribution < 1.29 is 23.8 Å². The molecule has 156 valence electrons. The zero-order valence-corrected chi connectivity index (χ0v) is 20.3. The van der Waals surface area contributed by atoms with Gasteiger partial charge < -0.3 is 14.2 Å². The van der Waals surface area contributed by atoms with Gasteiger partial charge in [0.25, 0.3) is 0 Å². The van der Waals surface area contributed by atoms with Crippen LogP contribution in [0.5, 0.6) is 11.5 Å². The van der Waals surface area contributed by atoms with Gasteiger partial charge in [-0.2, -0.15) is 0 Å². The van der Waals surface area contributed by atoms with E-state index in [1.165, 1.54) is 0 Å². The van der Waals surface area contributed by atoms with Crippen LogP contribution in [0.25, 0.3) is 6.08 Å². The first-order valence-corrected chi connectivity index (χ1v) is 11.1. The summed E-state index contributed by atoms with van der Waals surface area (Å²) >= 11 is 5.67. The minimum atomic E-state index is -0.534. The van der Waals surface area contributed by atoms with Crippen molar-refractivity contribution in [3.63, 3.8) is 0 Å². The van der Waals surface area contributed by atoms with E-state index in [9.17, 15) is 9.59 Å². The van der Waals surface area contributed by atoms with E-state index in [-0.39, 0.29) is 23.5 Å². The number of benzene rings is 2. The molecule has 0 amide bonds. The molecular formula is C22H19BrINO5. The maximum atomic E-state index is 12.3. The van der Waals surface area contributed by atoms with E-state index in [1.807, 2.05) is 25.1 Å². The van der Waals surface area contributed by atoms with Gasteiger partial charge in [-0.1, -0.05) is 19.9 Å². The highest BCUT2D eigenvalue weighted by Gasteiger charge is 2.25. The first-order valence-electron chi connectivity index (χ1n) is 9.25. The van der Waals surface area contributed by atoms with Crippen LogP contribution in [0.4, 0.5) is 0 Å². The Kier molecular flexibility index (Phi) is 7.30. The Morgan fingerprint density at radius 1 is 1.23 bits per heavy atom. The van der Waals surface area contributed by atoms with Gasteiger partial charge in [0.15, 0.2) is 17.2 Å². The summed E-state index contributed by atoms with van der Waals surface area (Å²) in [5, 5.41) is 0. The Labute approximate surface area is 196 Å². The summed E-state index contributed by atoms with van der Waals surface area (Å²) in [7, 11) is 0. The highest BCUT2D eigenvalue weighted by atomic mass is 127. The van der Waals surface area contributed by atoms with Gasteiger partial charge in [0, 0.05) is 13.6 Å². The summed E-state index contributed by atoms with van der Waals surface area (Å²) < 4.78 is 18.3. The Balaban J connectivity index is 1.90. The number of nitrogens with zero attached hydrogens (tertiary/aromatic N) is 1. The average Bonchev–Trinajstić information content (AvgIpc) is 3.06. The third-order valence-electron chi connectivity index (χ3n) is 4.04. The zero-order chi connectivity index (χ0) is 21.8. The third kappa shape index (κ3) is 5.28. The van der Waals surface area contributed by atoms with Gasteiger partial charge >= 0.3 is 11.9 Å². The summed E-state index contributed by atoms with van der Waals surface area (Å²) in [6, 6.07) is 10.7. The molecule has 0 unspecified atom stereocenters. The number of esters is 2. The van der Waals surface area contributed by atoms with Crippen LogP contribution >= 0.6 is 38.5 Å². The molecule has 0 saturated heterocycles. The van der Waals surface area contributed by atoms with Crippen LogP contribution in [0.1, 0.15) is 31.9 Å². The number of carbonyl (C=O) groups excluding carboxylic acids is 2. The molecule has 1 aliphatic rings. The second-order valence-electron chi connectivity index (χ2n) is 6.68. The number of carbonyl (C=O) groups is 2. The number of rotatable bonds is 6. The molecule has 30 heavy (non-hydrogen) atoms. The van der Waals surface area contributed by atoms with Crippen molar-refractivity contribution in [2.45, 2.75) is 20.8 Å². The van der Waals surface area contributed by atoms with Gasteiger partial charge in [-0.25, -0.2) is 9.79 Å². The van der Waals surface area contributed by atoms with Gasteiger partial charge in [-0.3, -0.25) is 4.79 Å². The SMILES string of the molecule is CCOc1cc(/C=C2\N=C(c3ccc(I)c(Br)c3)OC2=O)ccc1OC(=O)C(C)C. The summed E-state index contributed by atoms with van der Waals surface area (Å²) in [6.45, 7) is 5.76. The number of halogens is 2. The molecule has 3 rings (SSSR count). The average molecular weight is 584 g/mol. The van der Waals surface area contributed by atoms with Crippen LogP contribution in [-0.2, 0) is 14.3 Å². The van der Waals surface area contributed by atoms with Crippen molar-refractivity contribution >= 4 is 62.4 Å². The first kappa shape index (κ1) is 22.5. The van der Waals surface area contributed by atoms with Crippen molar-refractivity contribution in [3.8, 4) is 11.5 Å². The van der Waals surface area contributed by atoms with Crippen LogP contribution < -0.4 is 9.47 Å². The van der Waals surface area contributed by atoms with E-state index in [0.29, 0.717) is 29.2 Å². The third-order valence-corrected chi connectivity index (χ3v) is 6.38. The summed E-state index contributed by atoms with van der Waals surface area (Å²) in [5.74, 6) is -0.149. The maximum Gasteiger partial charge on any atom is 0.363 e. The van der Waals surface area contributed by atoms with Gasteiger partial charge in [-0.15, -0.1) is 0 Å². The molecule has 1 aliphatic heterocycles. The lowest BCUT2D eigenvalue weighted by Crippen LogP contribution is -2.15. The molecule has 0 aliphatic carbocycles. The largest absolute Gasteiger partial charge is 0.490 e. The van der Waals surface area contributed by atoms with E-state index < -0.39 is 5.97 Å². The molecule has 0 saturated carbocycles. The van der Waals surface area contributed by atoms with Crippen LogP contribution in [0.3, 0.4) is 0 Å². The standard InChI is InChI=1S/C22H19BrINO5/c1-4-28-19-10-13(5-8-18(19)29-21(26)12(2)3)9-17-22(27)30-20(25-17)14-6-7-16(24)15(23)11-14/h5-12H,4H2,1-3H3/b17-9-. The lowest BCUT2D eigenvalue weighted by Gasteiger charge is -2.12. The number of hydrogen-bond donors (Lipinski definition) is 0. The van der Waals surface area contributed by atoms with Crippen LogP contribution in [0.15, 0.2) is 51.6 Å². The fraction of sp³-hybridized carbons (Fsp3) is 0.227. The van der Waals surface area contributed by atoms with Crippen LogP contribution in [0.2, 0.25) is 0 Å².